The number of aryl methyl sites for hydroxylation is 1. The highest BCUT2D eigenvalue weighted by atomic mass is 15.2. The van der Waals surface area contributed by atoms with E-state index in [1.807, 2.05) is 36.4 Å². The molecule has 3 aromatic rings. The number of aromatic nitrogens is 3. The molecule has 0 aliphatic carbocycles. The standard InChI is InChI=1S/C15H14N4/c1-10-6-2-3-7-11(10)13-14(18-19-15(13)16)12-8-4-5-9-17-12/h2-9H,1H3,(H3,16,18,19). The van der Waals surface area contributed by atoms with Crippen molar-refractivity contribution in [2.24, 2.45) is 0 Å². The molecule has 0 saturated heterocycles. The molecular formula is C15H14N4. The second kappa shape index (κ2) is 4.57. The summed E-state index contributed by atoms with van der Waals surface area (Å²) in [4.78, 5) is 4.35. The normalized spacial score (nSPS) is 10.6. The van der Waals surface area contributed by atoms with Crippen LogP contribution in [0, 0.1) is 6.92 Å². The summed E-state index contributed by atoms with van der Waals surface area (Å²) in [5.74, 6) is 0.495. The molecule has 3 rings (SSSR count). The maximum Gasteiger partial charge on any atom is 0.153 e. The van der Waals surface area contributed by atoms with Crippen molar-refractivity contribution in [3.05, 3.63) is 54.2 Å². The minimum Gasteiger partial charge on any atom is -0.382 e. The van der Waals surface area contributed by atoms with Crippen molar-refractivity contribution in [1.29, 1.82) is 0 Å². The quantitative estimate of drug-likeness (QED) is 0.734. The topological polar surface area (TPSA) is 67.6 Å². The lowest BCUT2D eigenvalue weighted by Crippen LogP contribution is -1.91. The van der Waals surface area contributed by atoms with Gasteiger partial charge in [-0.15, -0.1) is 0 Å². The van der Waals surface area contributed by atoms with Crippen LogP contribution in [0.15, 0.2) is 48.7 Å². The lowest BCUT2D eigenvalue weighted by molar-refractivity contribution is 1.09. The number of H-pyrrole nitrogens is 1. The highest BCUT2D eigenvalue weighted by molar-refractivity contribution is 5.87. The summed E-state index contributed by atoms with van der Waals surface area (Å²) in [6.07, 6.45) is 1.76. The van der Waals surface area contributed by atoms with Gasteiger partial charge in [0, 0.05) is 6.20 Å². The van der Waals surface area contributed by atoms with Crippen LogP contribution < -0.4 is 5.73 Å². The number of hydrogen-bond donors (Lipinski definition) is 2. The third-order valence-electron chi connectivity index (χ3n) is 3.13. The molecule has 0 aliphatic rings. The van der Waals surface area contributed by atoms with E-state index >= 15 is 0 Å². The minimum atomic E-state index is 0.495. The van der Waals surface area contributed by atoms with Crippen LogP contribution in [0.4, 0.5) is 5.82 Å². The molecule has 0 fully saturated rings. The third-order valence-corrected chi connectivity index (χ3v) is 3.13. The Morgan fingerprint density at radius 2 is 1.84 bits per heavy atom. The van der Waals surface area contributed by atoms with Gasteiger partial charge in [-0.25, -0.2) is 0 Å². The molecule has 19 heavy (non-hydrogen) atoms. The maximum absolute atomic E-state index is 6.01. The molecule has 0 bridgehead atoms. The highest BCUT2D eigenvalue weighted by Crippen LogP contribution is 2.35. The van der Waals surface area contributed by atoms with Crippen molar-refractivity contribution in [3.8, 4) is 22.5 Å². The molecule has 0 unspecified atom stereocenters. The van der Waals surface area contributed by atoms with Gasteiger partial charge in [0.2, 0.25) is 0 Å². The lowest BCUT2D eigenvalue weighted by Gasteiger charge is -2.07. The van der Waals surface area contributed by atoms with Gasteiger partial charge in [0.25, 0.3) is 0 Å². The summed E-state index contributed by atoms with van der Waals surface area (Å²) in [7, 11) is 0. The molecule has 0 aliphatic heterocycles. The molecule has 2 aromatic heterocycles. The van der Waals surface area contributed by atoms with Gasteiger partial charge < -0.3 is 5.73 Å². The van der Waals surface area contributed by atoms with E-state index < -0.39 is 0 Å². The van der Waals surface area contributed by atoms with E-state index in [-0.39, 0.29) is 0 Å². The molecule has 3 N–H and O–H groups in total. The Balaban J connectivity index is 2.23. The summed E-state index contributed by atoms with van der Waals surface area (Å²) in [5.41, 5.74) is 10.9. The fourth-order valence-electron chi connectivity index (χ4n) is 2.18. The Bertz CT molecular complexity index is 701. The van der Waals surface area contributed by atoms with Crippen molar-refractivity contribution in [3.63, 3.8) is 0 Å². The number of pyridine rings is 1. The number of nitrogens with one attached hydrogen (secondary N) is 1. The monoisotopic (exact) mass is 250 g/mol. The molecule has 2 heterocycles. The van der Waals surface area contributed by atoms with E-state index in [4.69, 9.17) is 5.73 Å². The summed E-state index contributed by atoms with van der Waals surface area (Å²) in [5, 5.41) is 7.10. The van der Waals surface area contributed by atoms with Crippen molar-refractivity contribution in [2.45, 2.75) is 6.92 Å². The van der Waals surface area contributed by atoms with Crippen LogP contribution in [0.5, 0.6) is 0 Å². The van der Waals surface area contributed by atoms with Crippen molar-refractivity contribution >= 4 is 5.82 Å². The number of nitrogens with zero attached hydrogens (tertiary/aromatic N) is 2. The molecule has 0 radical (unpaired) electrons. The average molecular weight is 250 g/mol. The smallest absolute Gasteiger partial charge is 0.153 e. The zero-order chi connectivity index (χ0) is 13.2. The summed E-state index contributed by atoms with van der Waals surface area (Å²) in [6, 6.07) is 13.9. The Morgan fingerprint density at radius 1 is 1.05 bits per heavy atom. The molecule has 0 atom stereocenters. The number of nitrogens with two attached hydrogens (primary N) is 1. The van der Waals surface area contributed by atoms with E-state index in [1.165, 1.54) is 0 Å². The Hall–Kier alpha value is -2.62. The molecule has 0 saturated carbocycles. The highest BCUT2D eigenvalue weighted by Gasteiger charge is 2.16. The lowest BCUT2D eigenvalue weighted by atomic mass is 9.99. The van der Waals surface area contributed by atoms with Gasteiger partial charge in [-0.05, 0) is 30.2 Å². The predicted molar refractivity (Wildman–Crippen MR) is 76.4 cm³/mol. The van der Waals surface area contributed by atoms with E-state index in [0.717, 1.165) is 28.1 Å². The van der Waals surface area contributed by atoms with E-state index in [1.54, 1.807) is 6.20 Å². The van der Waals surface area contributed by atoms with Crippen LogP contribution in [0.3, 0.4) is 0 Å². The Labute approximate surface area is 111 Å². The molecule has 4 heteroatoms. The molecule has 4 nitrogen and oxygen atoms in total. The van der Waals surface area contributed by atoms with E-state index in [0.29, 0.717) is 5.82 Å². The van der Waals surface area contributed by atoms with E-state index in [2.05, 4.69) is 28.2 Å². The fraction of sp³-hybridized carbons (Fsp3) is 0.0667. The Kier molecular flexibility index (Phi) is 2.76. The first-order valence-corrected chi connectivity index (χ1v) is 6.08. The Morgan fingerprint density at radius 3 is 2.58 bits per heavy atom. The summed E-state index contributed by atoms with van der Waals surface area (Å²) in [6.45, 7) is 2.06. The molecule has 0 amide bonds. The van der Waals surface area contributed by atoms with Crippen molar-refractivity contribution in [1.82, 2.24) is 15.2 Å². The largest absolute Gasteiger partial charge is 0.382 e. The number of nitrogen functional groups attached to an aromatic ring is 1. The third kappa shape index (κ3) is 1.97. The summed E-state index contributed by atoms with van der Waals surface area (Å²) < 4.78 is 0. The van der Waals surface area contributed by atoms with Gasteiger partial charge in [0.05, 0.1) is 17.0 Å². The molecule has 0 spiro atoms. The predicted octanol–water partition coefficient (Wildman–Crippen LogP) is 3.03. The van der Waals surface area contributed by atoms with Crippen molar-refractivity contribution in [2.75, 3.05) is 5.73 Å². The first kappa shape index (κ1) is 11.5. The van der Waals surface area contributed by atoms with Gasteiger partial charge in [-0.3, -0.25) is 10.1 Å². The maximum atomic E-state index is 6.01. The van der Waals surface area contributed by atoms with Gasteiger partial charge in [0.1, 0.15) is 0 Å². The van der Waals surface area contributed by atoms with Crippen LogP contribution in [0.1, 0.15) is 5.56 Å². The van der Waals surface area contributed by atoms with Crippen LogP contribution in [0.2, 0.25) is 0 Å². The van der Waals surface area contributed by atoms with Gasteiger partial charge in [-0.1, -0.05) is 30.3 Å². The van der Waals surface area contributed by atoms with Crippen LogP contribution in [0.25, 0.3) is 22.5 Å². The summed E-state index contributed by atoms with van der Waals surface area (Å²) >= 11 is 0. The second-order valence-corrected chi connectivity index (χ2v) is 4.39. The first-order valence-electron chi connectivity index (χ1n) is 6.08. The van der Waals surface area contributed by atoms with Crippen LogP contribution >= 0.6 is 0 Å². The first-order chi connectivity index (χ1) is 9.27. The second-order valence-electron chi connectivity index (χ2n) is 4.39. The number of benzene rings is 1. The average Bonchev–Trinajstić information content (AvgIpc) is 2.82. The van der Waals surface area contributed by atoms with Gasteiger partial charge in [0.15, 0.2) is 5.82 Å². The SMILES string of the molecule is Cc1ccccc1-c1c(N)n[nH]c1-c1ccccn1. The van der Waals surface area contributed by atoms with Crippen LogP contribution in [-0.2, 0) is 0 Å². The minimum absolute atomic E-state index is 0.495. The van der Waals surface area contributed by atoms with Crippen LogP contribution in [-0.4, -0.2) is 15.2 Å². The number of rotatable bonds is 2. The zero-order valence-corrected chi connectivity index (χ0v) is 10.6. The number of aromatic amines is 1. The molecular weight excluding hydrogens is 236 g/mol. The fourth-order valence-corrected chi connectivity index (χ4v) is 2.18. The van der Waals surface area contributed by atoms with E-state index in [9.17, 15) is 0 Å². The number of hydrogen-bond acceptors (Lipinski definition) is 3. The van der Waals surface area contributed by atoms with Gasteiger partial charge in [-0.2, -0.15) is 5.10 Å². The number of anilines is 1. The zero-order valence-electron chi connectivity index (χ0n) is 10.6. The van der Waals surface area contributed by atoms with Gasteiger partial charge >= 0.3 is 0 Å². The molecule has 1 aromatic carbocycles. The molecule has 94 valence electrons. The van der Waals surface area contributed by atoms with Crippen molar-refractivity contribution < 1.29 is 0 Å².